The van der Waals surface area contributed by atoms with E-state index in [0.717, 1.165) is 28.2 Å². The third-order valence-corrected chi connectivity index (χ3v) is 7.66. The molecule has 0 spiro atoms. The zero-order valence-electron chi connectivity index (χ0n) is 23.2. The summed E-state index contributed by atoms with van der Waals surface area (Å²) in [4.78, 5) is 27.3. The number of allylic oxidation sites excluding steroid dienone is 4. The summed E-state index contributed by atoms with van der Waals surface area (Å²) >= 11 is 0. The molecule has 0 unspecified atom stereocenters. The van der Waals surface area contributed by atoms with Crippen LogP contribution in [0.5, 0.6) is 5.75 Å². The van der Waals surface area contributed by atoms with Crippen molar-refractivity contribution < 1.29 is 19.4 Å². The van der Waals surface area contributed by atoms with E-state index in [1.165, 1.54) is 0 Å². The van der Waals surface area contributed by atoms with Crippen molar-refractivity contribution in [1.29, 1.82) is 0 Å². The lowest BCUT2D eigenvalue weighted by Crippen LogP contribution is -2.37. The third kappa shape index (κ3) is 4.61. The van der Waals surface area contributed by atoms with Crippen LogP contribution in [-0.4, -0.2) is 16.7 Å². The van der Waals surface area contributed by atoms with Crippen molar-refractivity contribution in [2.45, 2.75) is 112 Å². The van der Waals surface area contributed by atoms with Crippen LogP contribution in [0.25, 0.3) is 0 Å². The van der Waals surface area contributed by atoms with E-state index in [1.54, 1.807) is 0 Å². The number of carbonyl (C=O) groups is 2. The Kier molecular flexibility index (Phi) is 5.75. The number of hydrogen-bond acceptors (Lipinski definition) is 4. The standard InChI is InChI=1S/C31H42O4/c1-28(2,3)18-11-17(12-19(27(18)34)29(4,5)6)24-25-20(32)13-30(7,8)15-22(25)35-23-16-31(9,10)14-21(33)26(23)24/h11-12,24,34H,13-16H2,1-10H3. The molecule has 0 saturated carbocycles. The minimum atomic E-state index is -0.455. The second kappa shape index (κ2) is 7.82. The number of Topliss-reactive ketones (excluding diaryl/α,β-unsaturated/α-hetero) is 2. The summed E-state index contributed by atoms with van der Waals surface area (Å²) in [5.74, 6) is 1.42. The van der Waals surface area contributed by atoms with Gasteiger partial charge in [0.1, 0.15) is 17.3 Å². The van der Waals surface area contributed by atoms with Gasteiger partial charge in [-0.2, -0.15) is 0 Å². The molecule has 4 nitrogen and oxygen atoms in total. The summed E-state index contributed by atoms with van der Waals surface area (Å²) in [5.41, 5.74) is 2.87. The van der Waals surface area contributed by atoms with Crippen LogP contribution in [0.4, 0.5) is 0 Å². The monoisotopic (exact) mass is 478 g/mol. The van der Waals surface area contributed by atoms with Gasteiger partial charge in [-0.05, 0) is 38.4 Å². The molecule has 1 N–H and O–H groups in total. The van der Waals surface area contributed by atoms with Gasteiger partial charge in [0.2, 0.25) is 0 Å². The van der Waals surface area contributed by atoms with Gasteiger partial charge in [0, 0.05) is 42.7 Å². The molecule has 0 saturated heterocycles. The Morgan fingerprint density at radius 2 is 1.11 bits per heavy atom. The van der Waals surface area contributed by atoms with Gasteiger partial charge in [-0.25, -0.2) is 0 Å². The topological polar surface area (TPSA) is 63.6 Å². The predicted octanol–water partition coefficient (Wildman–Crippen LogP) is 7.39. The van der Waals surface area contributed by atoms with Crippen LogP contribution >= 0.6 is 0 Å². The first-order valence-corrected chi connectivity index (χ1v) is 12.9. The molecule has 0 fully saturated rings. The smallest absolute Gasteiger partial charge is 0.163 e. The van der Waals surface area contributed by atoms with Crippen LogP contribution in [0.2, 0.25) is 0 Å². The van der Waals surface area contributed by atoms with Crippen LogP contribution in [0.1, 0.15) is 118 Å². The van der Waals surface area contributed by atoms with E-state index in [0.29, 0.717) is 42.6 Å². The fraction of sp³-hybridized carbons (Fsp3) is 0.613. The summed E-state index contributed by atoms with van der Waals surface area (Å²) in [7, 11) is 0. The normalized spacial score (nSPS) is 22.7. The second-order valence-electron chi connectivity index (χ2n) is 14.6. The number of aromatic hydroxyl groups is 1. The van der Waals surface area contributed by atoms with E-state index in [9.17, 15) is 14.7 Å². The number of phenols is 1. The maximum Gasteiger partial charge on any atom is 0.163 e. The van der Waals surface area contributed by atoms with E-state index in [2.05, 4.69) is 69.2 Å². The number of rotatable bonds is 1. The highest BCUT2D eigenvalue weighted by atomic mass is 16.5. The first kappa shape index (κ1) is 25.7. The van der Waals surface area contributed by atoms with Crippen molar-refractivity contribution in [2.75, 3.05) is 0 Å². The average Bonchev–Trinajstić information content (AvgIpc) is 2.62. The maximum absolute atomic E-state index is 13.6. The van der Waals surface area contributed by atoms with Crippen LogP contribution in [0, 0.1) is 10.8 Å². The van der Waals surface area contributed by atoms with Crippen molar-refractivity contribution in [1.82, 2.24) is 0 Å². The molecule has 2 aliphatic carbocycles. The number of ketones is 2. The van der Waals surface area contributed by atoms with Crippen molar-refractivity contribution in [3.63, 3.8) is 0 Å². The van der Waals surface area contributed by atoms with Crippen LogP contribution < -0.4 is 0 Å². The van der Waals surface area contributed by atoms with Gasteiger partial charge in [0.15, 0.2) is 11.6 Å². The number of phenolic OH excluding ortho intramolecular Hbond substituents is 1. The van der Waals surface area contributed by atoms with E-state index >= 15 is 0 Å². The molecular formula is C31H42O4. The fourth-order valence-corrected chi connectivity index (χ4v) is 5.97. The first-order valence-electron chi connectivity index (χ1n) is 12.9. The first-order chi connectivity index (χ1) is 15.8. The van der Waals surface area contributed by atoms with Gasteiger partial charge in [-0.15, -0.1) is 0 Å². The van der Waals surface area contributed by atoms with Gasteiger partial charge in [-0.1, -0.05) is 81.4 Å². The molecule has 1 heterocycles. The molecule has 1 aliphatic heterocycles. The zero-order valence-corrected chi connectivity index (χ0v) is 23.2. The molecular weight excluding hydrogens is 436 g/mol. The van der Waals surface area contributed by atoms with E-state index in [4.69, 9.17) is 4.74 Å². The molecule has 0 amide bonds. The third-order valence-electron chi connectivity index (χ3n) is 7.66. The van der Waals surface area contributed by atoms with E-state index in [-0.39, 0.29) is 33.2 Å². The molecule has 3 aliphatic rings. The van der Waals surface area contributed by atoms with Gasteiger partial charge in [0.05, 0.1) is 0 Å². The van der Waals surface area contributed by atoms with E-state index in [1.807, 2.05) is 12.1 Å². The second-order valence-corrected chi connectivity index (χ2v) is 14.6. The van der Waals surface area contributed by atoms with E-state index < -0.39 is 5.92 Å². The Balaban J connectivity index is 2.04. The van der Waals surface area contributed by atoms with Crippen molar-refractivity contribution in [2.24, 2.45) is 10.8 Å². The quantitative estimate of drug-likeness (QED) is 0.457. The zero-order chi connectivity index (χ0) is 26.3. The number of carbonyl (C=O) groups excluding carboxylic acids is 2. The van der Waals surface area contributed by atoms with Crippen LogP contribution in [-0.2, 0) is 25.2 Å². The predicted molar refractivity (Wildman–Crippen MR) is 139 cm³/mol. The van der Waals surface area contributed by atoms with Gasteiger partial charge < -0.3 is 9.84 Å². The van der Waals surface area contributed by atoms with Crippen LogP contribution in [0.3, 0.4) is 0 Å². The molecule has 4 rings (SSSR count). The maximum atomic E-state index is 13.6. The molecule has 0 radical (unpaired) electrons. The van der Waals surface area contributed by atoms with Gasteiger partial charge in [-0.3, -0.25) is 9.59 Å². The molecule has 1 aromatic carbocycles. The fourth-order valence-electron chi connectivity index (χ4n) is 5.97. The summed E-state index contributed by atoms with van der Waals surface area (Å²) in [6.07, 6.45) is 2.22. The number of ether oxygens (including phenoxy) is 1. The Morgan fingerprint density at radius 3 is 1.46 bits per heavy atom. The Labute approximate surface area is 210 Å². The summed E-state index contributed by atoms with van der Waals surface area (Å²) < 4.78 is 6.45. The van der Waals surface area contributed by atoms with Crippen molar-refractivity contribution in [3.05, 3.63) is 51.5 Å². The Morgan fingerprint density at radius 1 is 0.743 bits per heavy atom. The van der Waals surface area contributed by atoms with Crippen LogP contribution in [0.15, 0.2) is 34.8 Å². The van der Waals surface area contributed by atoms with Crippen molar-refractivity contribution >= 4 is 11.6 Å². The highest BCUT2D eigenvalue weighted by molar-refractivity contribution is 6.06. The summed E-state index contributed by atoms with van der Waals surface area (Å²) in [6, 6.07) is 4.05. The highest BCUT2D eigenvalue weighted by Gasteiger charge is 2.48. The Hall–Kier alpha value is -2.36. The van der Waals surface area contributed by atoms with Gasteiger partial charge >= 0.3 is 0 Å². The minimum absolute atomic E-state index is 0.0631. The SMILES string of the molecule is CC1(C)CC(=O)C2=C(C1)OC1=C(C(=O)CC(C)(C)C1)C2c1cc(C(C)(C)C)c(O)c(C(C)(C)C)c1. The summed E-state index contributed by atoms with van der Waals surface area (Å²) in [6.45, 7) is 20.9. The molecule has 0 atom stereocenters. The molecule has 0 bridgehead atoms. The molecule has 4 heteroatoms. The number of benzene rings is 1. The molecule has 0 aromatic heterocycles. The number of hydrogen-bond donors (Lipinski definition) is 1. The largest absolute Gasteiger partial charge is 0.507 e. The Bertz CT molecular complexity index is 1090. The lowest BCUT2D eigenvalue weighted by molar-refractivity contribution is -0.120. The highest BCUT2D eigenvalue weighted by Crippen LogP contribution is 2.54. The molecule has 1 aromatic rings. The average molecular weight is 479 g/mol. The molecule has 190 valence electrons. The minimum Gasteiger partial charge on any atom is -0.507 e. The lowest BCUT2D eigenvalue weighted by Gasteiger charge is -2.43. The lowest BCUT2D eigenvalue weighted by atomic mass is 9.65. The van der Waals surface area contributed by atoms with Gasteiger partial charge in [0.25, 0.3) is 0 Å². The summed E-state index contributed by atoms with van der Waals surface area (Å²) in [5, 5.41) is 11.3. The van der Waals surface area contributed by atoms with Crippen molar-refractivity contribution in [3.8, 4) is 5.75 Å². The molecule has 35 heavy (non-hydrogen) atoms.